The van der Waals surface area contributed by atoms with Gasteiger partial charge in [0.2, 0.25) is 11.7 Å². The van der Waals surface area contributed by atoms with Crippen LogP contribution in [0.1, 0.15) is 37.2 Å². The second-order valence-electron chi connectivity index (χ2n) is 8.69. The van der Waals surface area contributed by atoms with Gasteiger partial charge in [-0.25, -0.2) is 9.37 Å². The molecule has 2 aromatic carbocycles. The Kier molecular flexibility index (Phi) is 5.75. The maximum Gasteiger partial charge on any atom is 0.292 e. The van der Waals surface area contributed by atoms with Gasteiger partial charge < -0.3 is 14.2 Å². The molecule has 5 nitrogen and oxygen atoms in total. The number of carbonyl (C=O) groups is 1. The molecular formula is C24H25ClFN3O2. The van der Waals surface area contributed by atoms with Gasteiger partial charge in [-0.05, 0) is 30.3 Å². The number of carbonyl (C=O) groups excluding carboxylic acids is 1. The lowest BCUT2D eigenvalue weighted by atomic mass is 9.97. The molecule has 0 spiro atoms. The van der Waals surface area contributed by atoms with Crippen molar-refractivity contribution in [2.24, 2.45) is 0 Å². The number of hydrogen-bond acceptors (Lipinski definition) is 4. The zero-order chi connectivity index (χ0) is 22.2. The van der Waals surface area contributed by atoms with Crippen molar-refractivity contribution < 1.29 is 13.6 Å². The fourth-order valence-electron chi connectivity index (χ4n) is 3.61. The van der Waals surface area contributed by atoms with Crippen LogP contribution in [0.2, 0.25) is 5.02 Å². The largest absolute Gasteiger partial charge is 0.434 e. The quantitative estimate of drug-likeness (QED) is 0.546. The summed E-state index contributed by atoms with van der Waals surface area (Å²) in [5.74, 6) is -0.207. The van der Waals surface area contributed by atoms with Gasteiger partial charge in [-0.3, -0.25) is 4.79 Å². The molecule has 4 rings (SSSR count). The first-order valence-electron chi connectivity index (χ1n) is 10.3. The molecule has 0 N–H and O–H groups in total. The second kappa shape index (κ2) is 8.35. The topological polar surface area (TPSA) is 49.6 Å². The van der Waals surface area contributed by atoms with Crippen LogP contribution in [0.3, 0.4) is 0 Å². The van der Waals surface area contributed by atoms with Gasteiger partial charge in [-0.15, -0.1) is 0 Å². The molecule has 0 atom stereocenters. The van der Waals surface area contributed by atoms with E-state index < -0.39 is 11.2 Å². The first kappa shape index (κ1) is 21.4. The summed E-state index contributed by atoms with van der Waals surface area (Å²) in [6, 6.07) is 14.0. The highest BCUT2D eigenvalue weighted by molar-refractivity contribution is 6.30. The lowest BCUT2D eigenvalue weighted by Crippen LogP contribution is -2.48. The Labute approximate surface area is 186 Å². The summed E-state index contributed by atoms with van der Waals surface area (Å²) in [6.07, 6.45) is 0. The molecule has 7 heteroatoms. The molecular weight excluding hydrogens is 417 g/mol. The first-order valence-corrected chi connectivity index (χ1v) is 10.7. The van der Waals surface area contributed by atoms with Crippen LogP contribution in [-0.2, 0) is 5.41 Å². The number of nitrogens with zero attached hydrogens (tertiary/aromatic N) is 3. The van der Waals surface area contributed by atoms with E-state index in [2.05, 4.69) is 9.88 Å². The molecule has 1 fully saturated rings. The number of oxazole rings is 1. The normalized spacial score (nSPS) is 14.7. The highest BCUT2D eigenvalue weighted by Gasteiger charge is 2.32. The average Bonchev–Trinajstić information content (AvgIpc) is 3.19. The predicted octanol–water partition coefficient (Wildman–Crippen LogP) is 5.39. The molecule has 0 saturated carbocycles. The van der Waals surface area contributed by atoms with Gasteiger partial charge in [0, 0.05) is 47.9 Å². The van der Waals surface area contributed by atoms with Crippen LogP contribution in [-0.4, -0.2) is 42.0 Å². The van der Waals surface area contributed by atoms with Crippen LogP contribution in [0.5, 0.6) is 0 Å². The van der Waals surface area contributed by atoms with Crippen molar-refractivity contribution in [1.29, 1.82) is 0 Å². The summed E-state index contributed by atoms with van der Waals surface area (Å²) in [4.78, 5) is 21.8. The lowest BCUT2D eigenvalue weighted by molar-refractivity contribution is 0.0712. The highest BCUT2D eigenvalue weighted by Crippen LogP contribution is 2.32. The van der Waals surface area contributed by atoms with E-state index in [1.165, 1.54) is 6.07 Å². The second-order valence-corrected chi connectivity index (χ2v) is 9.12. The number of hydrogen-bond donors (Lipinski definition) is 0. The Hall–Kier alpha value is -2.86. The molecule has 3 aromatic rings. The number of rotatable bonds is 3. The van der Waals surface area contributed by atoms with E-state index >= 15 is 0 Å². The molecule has 1 aliphatic rings. The van der Waals surface area contributed by atoms with Crippen LogP contribution in [0.25, 0.3) is 11.3 Å². The minimum atomic E-state index is -0.434. The average molecular weight is 442 g/mol. The Morgan fingerprint density at radius 2 is 1.77 bits per heavy atom. The molecule has 0 radical (unpaired) electrons. The third-order valence-corrected chi connectivity index (χ3v) is 5.57. The van der Waals surface area contributed by atoms with Crippen molar-refractivity contribution in [3.63, 3.8) is 0 Å². The zero-order valence-corrected chi connectivity index (χ0v) is 18.6. The van der Waals surface area contributed by atoms with Crippen molar-refractivity contribution in [2.45, 2.75) is 26.2 Å². The molecule has 0 unspecified atom stereocenters. The van der Waals surface area contributed by atoms with Crippen molar-refractivity contribution in [1.82, 2.24) is 9.88 Å². The van der Waals surface area contributed by atoms with E-state index in [4.69, 9.17) is 16.0 Å². The first-order chi connectivity index (χ1) is 14.7. The predicted molar refractivity (Wildman–Crippen MR) is 120 cm³/mol. The fourth-order valence-corrected chi connectivity index (χ4v) is 3.79. The third-order valence-electron chi connectivity index (χ3n) is 5.33. The van der Waals surface area contributed by atoms with Gasteiger partial charge >= 0.3 is 0 Å². The van der Waals surface area contributed by atoms with Gasteiger partial charge in [-0.1, -0.05) is 50.6 Å². The van der Waals surface area contributed by atoms with Gasteiger partial charge in [0.25, 0.3) is 5.91 Å². The van der Waals surface area contributed by atoms with Crippen LogP contribution in [0.4, 0.5) is 10.1 Å². The van der Waals surface area contributed by atoms with Crippen LogP contribution >= 0.6 is 11.6 Å². The standard InChI is InChI=1S/C24H25ClFN3O2/c1-24(2,3)23-27-20(18-9-4-5-10-19(18)26)21(31-23)22(30)29-13-11-28(12-14-29)17-8-6-7-16(25)15-17/h4-10,15H,11-14H2,1-3H3. The van der Waals surface area contributed by atoms with Crippen molar-refractivity contribution in [3.05, 3.63) is 71.0 Å². The van der Waals surface area contributed by atoms with E-state index in [0.717, 1.165) is 5.69 Å². The number of piperazine rings is 1. The molecule has 162 valence electrons. The summed E-state index contributed by atoms with van der Waals surface area (Å²) in [5, 5.41) is 0.682. The summed E-state index contributed by atoms with van der Waals surface area (Å²) in [6.45, 7) is 8.22. The summed E-state index contributed by atoms with van der Waals surface area (Å²) in [7, 11) is 0. The van der Waals surface area contributed by atoms with Crippen molar-refractivity contribution in [3.8, 4) is 11.3 Å². The van der Waals surface area contributed by atoms with Gasteiger partial charge in [-0.2, -0.15) is 0 Å². The van der Waals surface area contributed by atoms with Crippen LogP contribution < -0.4 is 4.90 Å². The number of benzene rings is 2. The van der Waals surface area contributed by atoms with Gasteiger partial charge in [0.05, 0.1) is 0 Å². The Morgan fingerprint density at radius 3 is 2.42 bits per heavy atom. The van der Waals surface area contributed by atoms with Crippen molar-refractivity contribution in [2.75, 3.05) is 31.1 Å². The SMILES string of the molecule is CC(C)(C)c1nc(-c2ccccc2F)c(C(=O)N2CCN(c3cccc(Cl)c3)CC2)o1. The molecule has 1 saturated heterocycles. The van der Waals surface area contributed by atoms with E-state index in [0.29, 0.717) is 37.1 Å². The van der Waals surface area contributed by atoms with E-state index in [1.54, 1.807) is 23.1 Å². The lowest BCUT2D eigenvalue weighted by Gasteiger charge is -2.35. The van der Waals surface area contributed by atoms with E-state index in [1.807, 2.05) is 45.0 Å². The zero-order valence-electron chi connectivity index (χ0n) is 17.9. The molecule has 31 heavy (non-hydrogen) atoms. The van der Waals surface area contributed by atoms with Crippen LogP contribution in [0.15, 0.2) is 52.9 Å². The Balaban J connectivity index is 1.60. The maximum absolute atomic E-state index is 14.5. The summed E-state index contributed by atoms with van der Waals surface area (Å²) in [5.41, 5.74) is 1.14. The molecule has 1 aliphatic heterocycles. The fraction of sp³-hybridized carbons (Fsp3) is 0.333. The molecule has 1 amide bonds. The summed E-state index contributed by atoms with van der Waals surface area (Å²) < 4.78 is 20.4. The Morgan fingerprint density at radius 1 is 1.06 bits per heavy atom. The third kappa shape index (κ3) is 4.44. The number of aromatic nitrogens is 1. The molecule has 2 heterocycles. The molecule has 0 aliphatic carbocycles. The minimum absolute atomic E-state index is 0.0891. The monoisotopic (exact) mass is 441 g/mol. The van der Waals surface area contributed by atoms with Crippen LogP contribution in [0, 0.1) is 5.82 Å². The summed E-state index contributed by atoms with van der Waals surface area (Å²) >= 11 is 6.11. The number of anilines is 1. The Bertz CT molecular complexity index is 1100. The minimum Gasteiger partial charge on any atom is -0.434 e. The maximum atomic E-state index is 14.5. The number of amides is 1. The van der Waals surface area contributed by atoms with E-state index in [-0.39, 0.29) is 22.9 Å². The molecule has 1 aromatic heterocycles. The van der Waals surface area contributed by atoms with Gasteiger partial charge in [0.15, 0.2) is 0 Å². The molecule has 0 bridgehead atoms. The smallest absolute Gasteiger partial charge is 0.292 e. The number of halogens is 2. The van der Waals surface area contributed by atoms with E-state index in [9.17, 15) is 9.18 Å². The highest BCUT2D eigenvalue weighted by atomic mass is 35.5. The van der Waals surface area contributed by atoms with Crippen molar-refractivity contribution >= 4 is 23.2 Å². The van der Waals surface area contributed by atoms with Gasteiger partial charge in [0.1, 0.15) is 11.5 Å².